The molecule has 7 heteroatoms. The lowest BCUT2D eigenvalue weighted by molar-refractivity contribution is -0.137. The Morgan fingerprint density at radius 3 is 2.05 bits per heavy atom. The Kier molecular flexibility index (Phi) is 3.83. The van der Waals surface area contributed by atoms with Crippen molar-refractivity contribution in [2.75, 3.05) is 0 Å². The minimum atomic E-state index is -4.37. The highest BCUT2D eigenvalue weighted by Gasteiger charge is 2.30. The SMILES string of the molecule is Cc1nc(-c2ccc(C(F)(F)F)cc2)ccc1B(O)O. The first-order chi connectivity index (χ1) is 9.29. The quantitative estimate of drug-likeness (QED) is 0.825. The molecule has 0 amide bonds. The highest BCUT2D eigenvalue weighted by atomic mass is 19.4. The van der Waals surface area contributed by atoms with Gasteiger partial charge in [-0.25, -0.2) is 0 Å². The molecule has 0 fully saturated rings. The van der Waals surface area contributed by atoms with Crippen LogP contribution in [0.15, 0.2) is 36.4 Å². The fourth-order valence-corrected chi connectivity index (χ4v) is 1.84. The lowest BCUT2D eigenvalue weighted by Crippen LogP contribution is -2.32. The number of hydrogen-bond donors (Lipinski definition) is 2. The summed E-state index contributed by atoms with van der Waals surface area (Å²) in [5.41, 5.74) is 0.958. The van der Waals surface area contributed by atoms with Crippen molar-refractivity contribution >= 4 is 12.6 Å². The Morgan fingerprint density at radius 2 is 1.60 bits per heavy atom. The molecule has 0 unspecified atom stereocenters. The Balaban J connectivity index is 2.35. The largest absolute Gasteiger partial charge is 0.490 e. The van der Waals surface area contributed by atoms with E-state index in [1.54, 1.807) is 6.92 Å². The van der Waals surface area contributed by atoms with Crippen molar-refractivity contribution in [2.45, 2.75) is 13.1 Å². The van der Waals surface area contributed by atoms with Gasteiger partial charge in [-0.3, -0.25) is 4.98 Å². The fourth-order valence-electron chi connectivity index (χ4n) is 1.84. The van der Waals surface area contributed by atoms with E-state index < -0.39 is 18.9 Å². The van der Waals surface area contributed by atoms with Crippen molar-refractivity contribution in [1.82, 2.24) is 4.98 Å². The van der Waals surface area contributed by atoms with Crippen LogP contribution in [-0.2, 0) is 6.18 Å². The maximum atomic E-state index is 12.5. The molecular weight excluding hydrogens is 270 g/mol. The van der Waals surface area contributed by atoms with E-state index in [4.69, 9.17) is 10.0 Å². The predicted octanol–water partition coefficient (Wildman–Crippen LogP) is 1.76. The number of hydrogen-bond acceptors (Lipinski definition) is 3. The van der Waals surface area contributed by atoms with Crippen molar-refractivity contribution < 1.29 is 23.2 Å². The van der Waals surface area contributed by atoms with Gasteiger partial charge in [-0.2, -0.15) is 13.2 Å². The molecule has 0 bridgehead atoms. The number of alkyl halides is 3. The van der Waals surface area contributed by atoms with Crippen molar-refractivity contribution in [3.63, 3.8) is 0 Å². The van der Waals surface area contributed by atoms with Crippen LogP contribution in [0.4, 0.5) is 13.2 Å². The summed E-state index contributed by atoms with van der Waals surface area (Å²) >= 11 is 0. The van der Waals surface area contributed by atoms with Gasteiger partial charge < -0.3 is 10.0 Å². The van der Waals surface area contributed by atoms with Crippen LogP contribution in [0.3, 0.4) is 0 Å². The number of pyridine rings is 1. The molecule has 1 heterocycles. The number of aromatic nitrogens is 1. The van der Waals surface area contributed by atoms with E-state index in [1.165, 1.54) is 24.3 Å². The van der Waals surface area contributed by atoms with Gasteiger partial charge in [0.25, 0.3) is 0 Å². The van der Waals surface area contributed by atoms with Gasteiger partial charge in [-0.15, -0.1) is 0 Å². The third-order valence-corrected chi connectivity index (χ3v) is 2.91. The lowest BCUT2D eigenvalue weighted by Gasteiger charge is -2.09. The zero-order valence-electron chi connectivity index (χ0n) is 10.5. The van der Waals surface area contributed by atoms with E-state index in [1.807, 2.05) is 0 Å². The van der Waals surface area contributed by atoms with Crippen LogP contribution in [0.5, 0.6) is 0 Å². The third-order valence-electron chi connectivity index (χ3n) is 2.91. The molecule has 0 spiro atoms. The summed E-state index contributed by atoms with van der Waals surface area (Å²) in [5.74, 6) is 0. The normalized spacial score (nSPS) is 11.5. The number of halogens is 3. The van der Waals surface area contributed by atoms with Crippen molar-refractivity contribution in [3.8, 4) is 11.3 Å². The van der Waals surface area contributed by atoms with Crippen molar-refractivity contribution in [1.29, 1.82) is 0 Å². The maximum absolute atomic E-state index is 12.5. The standard InChI is InChI=1S/C13H11BF3NO2/c1-8-11(14(19)20)6-7-12(18-8)9-2-4-10(5-3-9)13(15,16)17/h2-7,19-20H,1H3. The second-order valence-corrected chi connectivity index (χ2v) is 4.32. The molecule has 0 aliphatic heterocycles. The van der Waals surface area contributed by atoms with Crippen LogP contribution in [0.2, 0.25) is 0 Å². The molecule has 20 heavy (non-hydrogen) atoms. The molecule has 3 nitrogen and oxygen atoms in total. The summed E-state index contributed by atoms with van der Waals surface area (Å²) in [5, 5.41) is 18.2. The van der Waals surface area contributed by atoms with Crippen molar-refractivity contribution in [3.05, 3.63) is 47.7 Å². The van der Waals surface area contributed by atoms with Crippen LogP contribution >= 0.6 is 0 Å². The minimum Gasteiger partial charge on any atom is -0.423 e. The molecule has 0 aliphatic rings. The number of benzene rings is 1. The van der Waals surface area contributed by atoms with Gasteiger partial charge in [0, 0.05) is 16.7 Å². The van der Waals surface area contributed by atoms with E-state index in [0.29, 0.717) is 17.0 Å². The summed E-state index contributed by atoms with van der Waals surface area (Å²) in [6, 6.07) is 7.66. The molecule has 2 N–H and O–H groups in total. The van der Waals surface area contributed by atoms with Crippen LogP contribution < -0.4 is 5.46 Å². The van der Waals surface area contributed by atoms with E-state index in [0.717, 1.165) is 12.1 Å². The van der Waals surface area contributed by atoms with E-state index in [9.17, 15) is 13.2 Å². The summed E-state index contributed by atoms with van der Waals surface area (Å²) in [7, 11) is -1.62. The van der Waals surface area contributed by atoms with Gasteiger partial charge in [-0.05, 0) is 25.1 Å². The Morgan fingerprint density at radius 1 is 1.00 bits per heavy atom. The van der Waals surface area contributed by atoms with Crippen LogP contribution in [0.25, 0.3) is 11.3 Å². The summed E-state index contributed by atoms with van der Waals surface area (Å²) in [6.45, 7) is 1.60. The zero-order chi connectivity index (χ0) is 14.9. The molecule has 104 valence electrons. The average molecular weight is 281 g/mol. The van der Waals surface area contributed by atoms with E-state index >= 15 is 0 Å². The predicted molar refractivity (Wildman–Crippen MR) is 69.2 cm³/mol. The first kappa shape index (κ1) is 14.6. The minimum absolute atomic E-state index is 0.265. The monoisotopic (exact) mass is 281 g/mol. The molecule has 0 aliphatic carbocycles. The maximum Gasteiger partial charge on any atom is 0.490 e. The fraction of sp³-hybridized carbons (Fsp3) is 0.154. The topological polar surface area (TPSA) is 53.4 Å². The Hall–Kier alpha value is -1.86. The summed E-state index contributed by atoms with van der Waals surface area (Å²) in [4.78, 5) is 4.16. The zero-order valence-corrected chi connectivity index (χ0v) is 10.5. The summed E-state index contributed by atoms with van der Waals surface area (Å²) < 4.78 is 37.4. The second-order valence-electron chi connectivity index (χ2n) is 4.32. The molecule has 0 saturated carbocycles. The number of aryl methyl sites for hydroxylation is 1. The van der Waals surface area contributed by atoms with Crippen LogP contribution in [-0.4, -0.2) is 22.2 Å². The van der Waals surface area contributed by atoms with Crippen LogP contribution in [0, 0.1) is 6.92 Å². The lowest BCUT2D eigenvalue weighted by atomic mass is 9.79. The van der Waals surface area contributed by atoms with Gasteiger partial charge >= 0.3 is 13.3 Å². The van der Waals surface area contributed by atoms with Gasteiger partial charge in [0.05, 0.1) is 11.3 Å². The van der Waals surface area contributed by atoms with Crippen LogP contribution in [0.1, 0.15) is 11.3 Å². The van der Waals surface area contributed by atoms with Gasteiger partial charge in [0.2, 0.25) is 0 Å². The average Bonchev–Trinajstić information content (AvgIpc) is 2.37. The summed E-state index contributed by atoms with van der Waals surface area (Å²) in [6.07, 6.45) is -4.37. The van der Waals surface area contributed by atoms with Crippen molar-refractivity contribution in [2.24, 2.45) is 0 Å². The molecule has 0 saturated heterocycles. The first-order valence-electron chi connectivity index (χ1n) is 5.80. The highest BCUT2D eigenvalue weighted by molar-refractivity contribution is 6.59. The molecule has 0 radical (unpaired) electrons. The molecule has 1 aromatic carbocycles. The number of nitrogens with zero attached hydrogens (tertiary/aromatic N) is 1. The molecule has 0 atom stereocenters. The number of rotatable bonds is 2. The Bertz CT molecular complexity index is 612. The molecule has 1 aromatic heterocycles. The highest BCUT2D eigenvalue weighted by Crippen LogP contribution is 2.30. The molecule has 2 rings (SSSR count). The van der Waals surface area contributed by atoms with E-state index in [-0.39, 0.29) is 5.46 Å². The van der Waals surface area contributed by atoms with E-state index in [2.05, 4.69) is 4.98 Å². The van der Waals surface area contributed by atoms with Gasteiger partial charge in [0.1, 0.15) is 0 Å². The van der Waals surface area contributed by atoms with Gasteiger partial charge in [-0.1, -0.05) is 18.2 Å². The smallest absolute Gasteiger partial charge is 0.423 e. The first-order valence-corrected chi connectivity index (χ1v) is 5.80. The second kappa shape index (κ2) is 5.26. The van der Waals surface area contributed by atoms with Gasteiger partial charge in [0.15, 0.2) is 0 Å². The molecule has 2 aromatic rings. The third kappa shape index (κ3) is 3.00. The molecular formula is C13H11BF3NO2. The Labute approximate surface area is 113 Å².